The van der Waals surface area contributed by atoms with Crippen molar-refractivity contribution in [3.8, 4) is 11.5 Å². The van der Waals surface area contributed by atoms with E-state index in [0.717, 1.165) is 31.9 Å². The number of piperazine rings is 1. The predicted octanol–water partition coefficient (Wildman–Crippen LogP) is 2.40. The Hall–Kier alpha value is -2.31. The molecular weight excluding hydrogens is 335 g/mol. The topological polar surface area (TPSA) is 56.2 Å². The summed E-state index contributed by atoms with van der Waals surface area (Å²) in [6.07, 6.45) is -0.580. The summed E-state index contributed by atoms with van der Waals surface area (Å²) in [6.45, 7) is 5.91. The number of aromatic hydroxyl groups is 1. The van der Waals surface area contributed by atoms with E-state index in [1.165, 1.54) is 6.07 Å². The molecule has 0 amide bonds. The Morgan fingerprint density at radius 2 is 1.77 bits per heavy atom. The summed E-state index contributed by atoms with van der Waals surface area (Å²) in [7, 11) is 0. The first kappa shape index (κ1) is 18.5. The molecular formula is C20H25FN2O3. The second kappa shape index (κ2) is 8.38. The van der Waals surface area contributed by atoms with Gasteiger partial charge in [-0.05, 0) is 55.0 Å². The lowest BCUT2D eigenvalue weighted by molar-refractivity contribution is 0.0663. The first-order chi connectivity index (χ1) is 12.5. The lowest BCUT2D eigenvalue weighted by Crippen LogP contribution is -2.49. The maximum Gasteiger partial charge on any atom is 0.126 e. The minimum absolute atomic E-state index is 0.177. The smallest absolute Gasteiger partial charge is 0.126 e. The van der Waals surface area contributed by atoms with Crippen LogP contribution in [0.25, 0.3) is 0 Å². The molecule has 3 rings (SSSR count). The van der Waals surface area contributed by atoms with Crippen LogP contribution in [0.15, 0.2) is 42.5 Å². The molecule has 2 N–H and O–H groups in total. The number of aliphatic hydroxyl groups excluding tert-OH is 1. The number of hydrogen-bond acceptors (Lipinski definition) is 5. The van der Waals surface area contributed by atoms with Gasteiger partial charge in [0.15, 0.2) is 0 Å². The second-order valence-corrected chi connectivity index (χ2v) is 6.68. The number of halogens is 1. The molecule has 0 spiro atoms. The number of phenolic OH excluding ortho intramolecular Hbond substituents is 1. The molecule has 0 unspecified atom stereocenters. The van der Waals surface area contributed by atoms with Crippen LogP contribution in [0.3, 0.4) is 0 Å². The second-order valence-electron chi connectivity index (χ2n) is 6.68. The van der Waals surface area contributed by atoms with Crippen LogP contribution in [-0.2, 0) is 0 Å². The molecule has 1 aliphatic heterocycles. The molecule has 5 nitrogen and oxygen atoms in total. The molecule has 6 heteroatoms. The van der Waals surface area contributed by atoms with Crippen molar-refractivity contribution in [2.24, 2.45) is 0 Å². The number of ether oxygens (including phenoxy) is 1. The van der Waals surface area contributed by atoms with Crippen LogP contribution in [0.2, 0.25) is 0 Å². The monoisotopic (exact) mass is 360 g/mol. The summed E-state index contributed by atoms with van der Waals surface area (Å²) in [4.78, 5) is 4.44. The van der Waals surface area contributed by atoms with Gasteiger partial charge in [0, 0.05) is 38.4 Å². The molecule has 2 aromatic carbocycles. The lowest BCUT2D eigenvalue weighted by atomic mass is 10.1. The maximum atomic E-state index is 13.4. The first-order valence-corrected chi connectivity index (χ1v) is 8.84. The van der Waals surface area contributed by atoms with Gasteiger partial charge >= 0.3 is 0 Å². The molecule has 26 heavy (non-hydrogen) atoms. The van der Waals surface area contributed by atoms with Crippen LogP contribution in [0.4, 0.5) is 10.1 Å². The summed E-state index contributed by atoms with van der Waals surface area (Å²) in [5.74, 6) is 0.634. The van der Waals surface area contributed by atoms with Gasteiger partial charge in [-0.25, -0.2) is 4.39 Å². The van der Waals surface area contributed by atoms with Crippen LogP contribution < -0.4 is 9.64 Å². The minimum Gasteiger partial charge on any atom is -0.508 e. The van der Waals surface area contributed by atoms with E-state index in [4.69, 9.17) is 4.74 Å². The standard InChI is InChI=1S/C20H25FN2O3/c1-15-12-16(2-7-20(15)21)23-10-8-22(9-11-23)13-18(25)14-26-19-5-3-17(24)4-6-19/h2-7,12,18,24-25H,8-11,13-14H2,1H3/t18-/m1/s1. The third-order valence-electron chi connectivity index (χ3n) is 4.63. The predicted molar refractivity (Wildman–Crippen MR) is 99.4 cm³/mol. The summed E-state index contributed by atoms with van der Waals surface area (Å²) >= 11 is 0. The number of anilines is 1. The van der Waals surface area contributed by atoms with Crippen molar-refractivity contribution < 1.29 is 19.3 Å². The third kappa shape index (κ3) is 4.86. The highest BCUT2D eigenvalue weighted by molar-refractivity contribution is 5.49. The van der Waals surface area contributed by atoms with E-state index in [1.54, 1.807) is 31.2 Å². The summed E-state index contributed by atoms with van der Waals surface area (Å²) in [6, 6.07) is 11.7. The van der Waals surface area contributed by atoms with Crippen LogP contribution in [0.1, 0.15) is 5.56 Å². The Kier molecular flexibility index (Phi) is 5.96. The molecule has 1 saturated heterocycles. The van der Waals surface area contributed by atoms with Crippen LogP contribution in [0, 0.1) is 12.7 Å². The van der Waals surface area contributed by atoms with E-state index in [-0.39, 0.29) is 18.2 Å². The lowest BCUT2D eigenvalue weighted by Gasteiger charge is -2.37. The van der Waals surface area contributed by atoms with Crippen LogP contribution >= 0.6 is 0 Å². The van der Waals surface area contributed by atoms with Gasteiger partial charge in [-0.1, -0.05) is 0 Å². The van der Waals surface area contributed by atoms with E-state index >= 15 is 0 Å². The highest BCUT2D eigenvalue weighted by Gasteiger charge is 2.20. The van der Waals surface area contributed by atoms with E-state index in [0.29, 0.717) is 17.9 Å². The number of nitrogens with zero attached hydrogens (tertiary/aromatic N) is 2. The average Bonchev–Trinajstić information content (AvgIpc) is 2.64. The fourth-order valence-corrected chi connectivity index (χ4v) is 3.10. The Bertz CT molecular complexity index is 715. The molecule has 0 aliphatic carbocycles. The highest BCUT2D eigenvalue weighted by atomic mass is 19.1. The first-order valence-electron chi connectivity index (χ1n) is 8.84. The van der Waals surface area contributed by atoms with Crippen molar-refractivity contribution in [3.05, 3.63) is 53.8 Å². The Morgan fingerprint density at radius 3 is 2.42 bits per heavy atom. The largest absolute Gasteiger partial charge is 0.508 e. The Labute approximate surface area is 153 Å². The van der Waals surface area contributed by atoms with Gasteiger partial charge in [0.1, 0.15) is 30.0 Å². The molecule has 1 aliphatic rings. The molecule has 0 radical (unpaired) electrons. The van der Waals surface area contributed by atoms with Gasteiger partial charge in [0.05, 0.1) is 0 Å². The summed E-state index contributed by atoms with van der Waals surface area (Å²) < 4.78 is 19.0. The Balaban J connectivity index is 1.43. The van der Waals surface area contributed by atoms with Gasteiger partial charge in [-0.3, -0.25) is 4.90 Å². The number of phenols is 1. The zero-order chi connectivity index (χ0) is 18.5. The minimum atomic E-state index is -0.580. The summed E-state index contributed by atoms with van der Waals surface area (Å²) in [5, 5.41) is 19.4. The molecule has 1 atom stereocenters. The number of β-amino-alcohol motifs (C(OH)–C–C–N with tert-alkyl or cyclic N) is 1. The molecule has 0 bridgehead atoms. The van der Waals surface area contributed by atoms with Crippen molar-refractivity contribution in [3.63, 3.8) is 0 Å². The number of aryl methyl sites for hydroxylation is 1. The van der Waals surface area contributed by atoms with Crippen molar-refractivity contribution in [1.82, 2.24) is 4.90 Å². The fourth-order valence-electron chi connectivity index (χ4n) is 3.10. The van der Waals surface area contributed by atoms with Gasteiger partial charge in [0.25, 0.3) is 0 Å². The quantitative estimate of drug-likeness (QED) is 0.829. The Morgan fingerprint density at radius 1 is 1.08 bits per heavy atom. The molecule has 1 fully saturated rings. The van der Waals surface area contributed by atoms with Gasteiger partial charge < -0.3 is 19.8 Å². The third-order valence-corrected chi connectivity index (χ3v) is 4.63. The van der Waals surface area contributed by atoms with Crippen molar-refractivity contribution in [2.75, 3.05) is 44.2 Å². The van der Waals surface area contributed by atoms with Crippen molar-refractivity contribution >= 4 is 5.69 Å². The van der Waals surface area contributed by atoms with Crippen molar-refractivity contribution in [2.45, 2.75) is 13.0 Å². The molecule has 2 aromatic rings. The number of rotatable bonds is 6. The zero-order valence-electron chi connectivity index (χ0n) is 14.9. The van der Waals surface area contributed by atoms with E-state index < -0.39 is 6.10 Å². The number of hydrogen-bond donors (Lipinski definition) is 2. The van der Waals surface area contributed by atoms with Gasteiger partial charge in [0.2, 0.25) is 0 Å². The normalized spacial score (nSPS) is 16.5. The SMILES string of the molecule is Cc1cc(N2CCN(C[C@@H](O)COc3ccc(O)cc3)CC2)ccc1F. The van der Waals surface area contributed by atoms with E-state index in [2.05, 4.69) is 9.80 Å². The molecule has 140 valence electrons. The van der Waals surface area contributed by atoms with Crippen molar-refractivity contribution in [1.29, 1.82) is 0 Å². The summed E-state index contributed by atoms with van der Waals surface area (Å²) in [5.41, 5.74) is 1.70. The average molecular weight is 360 g/mol. The fraction of sp³-hybridized carbons (Fsp3) is 0.400. The van der Waals surface area contributed by atoms with Crippen LogP contribution in [0.5, 0.6) is 11.5 Å². The van der Waals surface area contributed by atoms with E-state index in [9.17, 15) is 14.6 Å². The van der Waals surface area contributed by atoms with Gasteiger partial charge in [-0.2, -0.15) is 0 Å². The maximum absolute atomic E-state index is 13.4. The molecule has 0 aromatic heterocycles. The van der Waals surface area contributed by atoms with Gasteiger partial charge in [-0.15, -0.1) is 0 Å². The molecule has 1 heterocycles. The zero-order valence-corrected chi connectivity index (χ0v) is 14.9. The van der Waals surface area contributed by atoms with Crippen LogP contribution in [-0.4, -0.2) is 60.5 Å². The van der Waals surface area contributed by atoms with E-state index in [1.807, 2.05) is 12.1 Å². The molecule has 0 saturated carbocycles. The highest BCUT2D eigenvalue weighted by Crippen LogP contribution is 2.20. The number of benzene rings is 2. The number of aliphatic hydroxyl groups is 1.